The molecule has 0 atom stereocenters. The molecule has 0 N–H and O–H groups in total. The van der Waals surface area contributed by atoms with Crippen LogP contribution in [0.5, 0.6) is 0 Å². The van der Waals surface area contributed by atoms with E-state index in [-0.39, 0.29) is 5.91 Å². The number of thioether (sulfide) groups is 1. The van der Waals surface area contributed by atoms with Gasteiger partial charge in [0.25, 0.3) is 5.91 Å². The zero-order valence-electron chi connectivity index (χ0n) is 14.3. The van der Waals surface area contributed by atoms with Crippen LogP contribution in [0, 0.1) is 6.92 Å². The quantitative estimate of drug-likeness (QED) is 0.373. The van der Waals surface area contributed by atoms with Crippen molar-refractivity contribution in [3.05, 3.63) is 81.9 Å². The van der Waals surface area contributed by atoms with Crippen LogP contribution in [0.25, 0.3) is 17.4 Å². The summed E-state index contributed by atoms with van der Waals surface area (Å²) in [7, 11) is 0. The fourth-order valence-electron chi connectivity index (χ4n) is 2.71. The maximum absolute atomic E-state index is 12.8. The van der Waals surface area contributed by atoms with E-state index in [0.717, 1.165) is 16.8 Å². The van der Waals surface area contributed by atoms with E-state index in [1.807, 2.05) is 67.6 Å². The van der Waals surface area contributed by atoms with E-state index in [0.29, 0.717) is 25.8 Å². The number of hydrogen-bond donors (Lipinski definition) is 0. The number of aryl methyl sites for hydroxylation is 1. The summed E-state index contributed by atoms with van der Waals surface area (Å²) >= 11 is 12.6. The lowest BCUT2D eigenvalue weighted by Crippen LogP contribution is -2.27. The molecule has 0 spiro atoms. The molecular formula is C21H14ClNO2S2. The van der Waals surface area contributed by atoms with Crippen molar-refractivity contribution in [2.24, 2.45) is 0 Å². The Bertz CT molecular complexity index is 1050. The van der Waals surface area contributed by atoms with Gasteiger partial charge in [-0.1, -0.05) is 53.3 Å². The molecule has 1 fully saturated rings. The maximum Gasteiger partial charge on any atom is 0.270 e. The number of furan rings is 1. The molecule has 134 valence electrons. The molecule has 2 heterocycles. The number of carbonyl (C=O) groups excluding carboxylic acids is 1. The van der Waals surface area contributed by atoms with E-state index in [4.69, 9.17) is 28.2 Å². The number of carbonyl (C=O) groups is 1. The molecule has 1 aliphatic heterocycles. The first-order valence-electron chi connectivity index (χ1n) is 8.22. The number of thiocarbonyl (C=S) groups is 1. The van der Waals surface area contributed by atoms with Crippen molar-refractivity contribution >= 4 is 57.6 Å². The fraction of sp³-hybridized carbons (Fsp3) is 0.0476. The van der Waals surface area contributed by atoms with Crippen LogP contribution in [-0.4, -0.2) is 10.2 Å². The number of hydrogen-bond acceptors (Lipinski definition) is 4. The third-order valence-electron chi connectivity index (χ3n) is 4.11. The molecule has 1 aromatic heterocycles. The van der Waals surface area contributed by atoms with E-state index in [1.54, 1.807) is 11.0 Å². The highest BCUT2D eigenvalue weighted by atomic mass is 35.5. The lowest BCUT2D eigenvalue weighted by Gasteiger charge is -2.14. The van der Waals surface area contributed by atoms with Crippen LogP contribution in [-0.2, 0) is 4.79 Å². The van der Waals surface area contributed by atoms with Gasteiger partial charge in [-0.3, -0.25) is 9.69 Å². The van der Waals surface area contributed by atoms with Crippen molar-refractivity contribution in [1.29, 1.82) is 0 Å². The van der Waals surface area contributed by atoms with Gasteiger partial charge in [0.1, 0.15) is 11.5 Å². The Morgan fingerprint density at radius 2 is 1.74 bits per heavy atom. The van der Waals surface area contributed by atoms with E-state index in [1.165, 1.54) is 11.8 Å². The standard InChI is InChI=1S/C21H14ClNO2S2/c1-13-2-8-16(9-3-13)23-20(24)19(27-21(23)26)12-17-10-11-18(25-17)14-4-6-15(22)7-5-14/h2-12H,1H3. The summed E-state index contributed by atoms with van der Waals surface area (Å²) in [6.07, 6.45) is 1.73. The minimum absolute atomic E-state index is 0.140. The Labute approximate surface area is 171 Å². The second-order valence-electron chi connectivity index (χ2n) is 6.06. The first-order valence-corrected chi connectivity index (χ1v) is 9.82. The third kappa shape index (κ3) is 3.72. The van der Waals surface area contributed by atoms with Crippen LogP contribution >= 0.6 is 35.6 Å². The van der Waals surface area contributed by atoms with Crippen LogP contribution in [0.1, 0.15) is 11.3 Å². The Morgan fingerprint density at radius 3 is 2.44 bits per heavy atom. The number of halogens is 1. The second kappa shape index (κ2) is 7.35. The summed E-state index contributed by atoms with van der Waals surface area (Å²) in [5.41, 5.74) is 2.82. The van der Waals surface area contributed by atoms with Crippen molar-refractivity contribution in [3.8, 4) is 11.3 Å². The third-order valence-corrected chi connectivity index (χ3v) is 5.67. The monoisotopic (exact) mass is 411 g/mol. The predicted octanol–water partition coefficient (Wildman–Crippen LogP) is 6.31. The summed E-state index contributed by atoms with van der Waals surface area (Å²) in [6, 6.07) is 18.8. The molecule has 6 heteroatoms. The average molecular weight is 412 g/mol. The van der Waals surface area contributed by atoms with Gasteiger partial charge in [0.15, 0.2) is 4.32 Å². The first kappa shape index (κ1) is 18.0. The van der Waals surface area contributed by atoms with Crippen molar-refractivity contribution in [2.75, 3.05) is 4.90 Å². The minimum Gasteiger partial charge on any atom is -0.457 e. The number of anilines is 1. The van der Waals surface area contributed by atoms with Gasteiger partial charge in [0, 0.05) is 16.7 Å². The Balaban J connectivity index is 1.59. The molecule has 4 rings (SSSR count). The smallest absolute Gasteiger partial charge is 0.270 e. The molecule has 1 saturated heterocycles. The molecule has 27 heavy (non-hydrogen) atoms. The fourth-order valence-corrected chi connectivity index (χ4v) is 4.12. The SMILES string of the molecule is Cc1ccc(N2C(=O)C(=Cc3ccc(-c4ccc(Cl)cc4)o3)SC2=S)cc1. The Kier molecular flexibility index (Phi) is 4.91. The zero-order valence-corrected chi connectivity index (χ0v) is 16.7. The van der Waals surface area contributed by atoms with Crippen LogP contribution in [0.3, 0.4) is 0 Å². The van der Waals surface area contributed by atoms with Crippen molar-refractivity contribution < 1.29 is 9.21 Å². The lowest BCUT2D eigenvalue weighted by molar-refractivity contribution is -0.113. The molecule has 3 aromatic rings. The number of benzene rings is 2. The van der Waals surface area contributed by atoms with Gasteiger partial charge in [-0.25, -0.2) is 0 Å². The van der Waals surface area contributed by atoms with Gasteiger partial charge in [-0.2, -0.15) is 0 Å². The maximum atomic E-state index is 12.8. The molecule has 0 radical (unpaired) electrons. The summed E-state index contributed by atoms with van der Waals surface area (Å²) in [6.45, 7) is 2.00. The molecule has 0 unspecified atom stereocenters. The van der Waals surface area contributed by atoms with Gasteiger partial charge >= 0.3 is 0 Å². The Morgan fingerprint density at radius 1 is 1.04 bits per heavy atom. The van der Waals surface area contributed by atoms with Crippen LogP contribution in [0.2, 0.25) is 5.02 Å². The van der Waals surface area contributed by atoms with E-state index >= 15 is 0 Å². The summed E-state index contributed by atoms with van der Waals surface area (Å²) in [4.78, 5) is 14.9. The van der Waals surface area contributed by atoms with Gasteiger partial charge in [0.2, 0.25) is 0 Å². The van der Waals surface area contributed by atoms with Gasteiger partial charge in [-0.05, 0) is 55.5 Å². The minimum atomic E-state index is -0.140. The molecule has 1 amide bonds. The molecule has 0 saturated carbocycles. The molecule has 2 aromatic carbocycles. The molecule has 1 aliphatic rings. The number of rotatable bonds is 3. The topological polar surface area (TPSA) is 33.5 Å². The summed E-state index contributed by atoms with van der Waals surface area (Å²) in [5.74, 6) is 1.18. The van der Waals surface area contributed by atoms with E-state index in [9.17, 15) is 4.79 Å². The molecule has 0 bridgehead atoms. The molecule has 3 nitrogen and oxygen atoms in total. The zero-order chi connectivity index (χ0) is 19.0. The normalized spacial score (nSPS) is 15.8. The van der Waals surface area contributed by atoms with Crippen LogP contribution in [0.15, 0.2) is 70.0 Å². The number of nitrogens with zero attached hydrogens (tertiary/aromatic N) is 1. The highest BCUT2D eigenvalue weighted by Gasteiger charge is 2.33. The second-order valence-corrected chi connectivity index (χ2v) is 8.17. The van der Waals surface area contributed by atoms with Crippen LogP contribution in [0.4, 0.5) is 5.69 Å². The van der Waals surface area contributed by atoms with Crippen molar-refractivity contribution in [3.63, 3.8) is 0 Å². The number of amides is 1. The largest absolute Gasteiger partial charge is 0.457 e. The van der Waals surface area contributed by atoms with E-state index in [2.05, 4.69) is 0 Å². The molecular weight excluding hydrogens is 398 g/mol. The van der Waals surface area contributed by atoms with E-state index < -0.39 is 0 Å². The van der Waals surface area contributed by atoms with Gasteiger partial charge in [-0.15, -0.1) is 0 Å². The highest BCUT2D eigenvalue weighted by Crippen LogP contribution is 2.36. The average Bonchev–Trinajstić information content (AvgIpc) is 3.22. The lowest BCUT2D eigenvalue weighted by atomic mass is 10.2. The highest BCUT2D eigenvalue weighted by molar-refractivity contribution is 8.27. The van der Waals surface area contributed by atoms with Crippen molar-refractivity contribution in [2.45, 2.75) is 6.92 Å². The van der Waals surface area contributed by atoms with Gasteiger partial charge < -0.3 is 4.42 Å². The summed E-state index contributed by atoms with van der Waals surface area (Å²) < 4.78 is 6.38. The van der Waals surface area contributed by atoms with Crippen molar-refractivity contribution in [1.82, 2.24) is 0 Å². The first-order chi connectivity index (χ1) is 13.0. The Hall–Kier alpha value is -2.34. The van der Waals surface area contributed by atoms with Gasteiger partial charge in [0.05, 0.1) is 10.6 Å². The molecule has 0 aliphatic carbocycles. The summed E-state index contributed by atoms with van der Waals surface area (Å²) in [5, 5.41) is 0.672. The van der Waals surface area contributed by atoms with Crippen LogP contribution < -0.4 is 4.90 Å². The predicted molar refractivity (Wildman–Crippen MR) is 116 cm³/mol.